The van der Waals surface area contributed by atoms with E-state index < -0.39 is 0 Å². The smallest absolute Gasteiger partial charge is 0.173 e. The van der Waals surface area contributed by atoms with Crippen molar-refractivity contribution in [3.63, 3.8) is 0 Å². The van der Waals surface area contributed by atoms with Crippen LogP contribution >= 0.6 is 11.6 Å². The molecule has 25 heavy (non-hydrogen) atoms. The highest BCUT2D eigenvalue weighted by Gasteiger charge is 2.32. The van der Waals surface area contributed by atoms with Crippen LogP contribution in [0.25, 0.3) is 0 Å². The lowest BCUT2D eigenvalue weighted by Gasteiger charge is -2.37. The molecule has 0 bridgehead atoms. The van der Waals surface area contributed by atoms with Crippen molar-refractivity contribution in [2.75, 3.05) is 33.2 Å². The number of nitrogens with zero attached hydrogens (tertiary/aromatic N) is 6. The van der Waals surface area contributed by atoms with E-state index in [0.29, 0.717) is 6.04 Å². The number of benzene rings is 1. The number of halogens is 1. The van der Waals surface area contributed by atoms with Gasteiger partial charge in [0.05, 0.1) is 12.1 Å². The fourth-order valence-electron chi connectivity index (χ4n) is 4.04. The summed E-state index contributed by atoms with van der Waals surface area (Å²) >= 11 is 6.12. The minimum absolute atomic E-state index is 0.0848. The highest BCUT2D eigenvalue weighted by atomic mass is 35.5. The molecule has 134 valence electrons. The van der Waals surface area contributed by atoms with Crippen LogP contribution < -0.4 is 0 Å². The Morgan fingerprint density at radius 1 is 1.04 bits per heavy atom. The Morgan fingerprint density at radius 2 is 1.72 bits per heavy atom. The summed E-state index contributed by atoms with van der Waals surface area (Å²) in [5.41, 5.74) is 1.21. The zero-order chi connectivity index (χ0) is 17.2. The van der Waals surface area contributed by atoms with E-state index in [9.17, 15) is 0 Å². The van der Waals surface area contributed by atoms with E-state index in [1.165, 1.54) is 31.2 Å². The van der Waals surface area contributed by atoms with Crippen molar-refractivity contribution in [2.45, 2.75) is 37.8 Å². The molecule has 2 heterocycles. The Hall–Kier alpha value is -1.50. The van der Waals surface area contributed by atoms with Gasteiger partial charge in [-0.25, -0.2) is 4.68 Å². The van der Waals surface area contributed by atoms with E-state index in [2.05, 4.69) is 49.2 Å². The minimum atomic E-state index is 0.0848. The molecule has 0 spiro atoms. The number of likely N-dealkylation sites (N-methyl/N-ethyl adjacent to an activating group) is 1. The van der Waals surface area contributed by atoms with Gasteiger partial charge in [-0.1, -0.05) is 36.6 Å². The largest absolute Gasteiger partial charge is 0.304 e. The second-order valence-electron chi connectivity index (χ2n) is 7.21. The van der Waals surface area contributed by atoms with Crippen molar-refractivity contribution >= 4 is 11.6 Å². The molecule has 2 aliphatic rings. The van der Waals surface area contributed by atoms with Gasteiger partial charge in [-0.15, -0.1) is 5.10 Å². The first-order valence-corrected chi connectivity index (χ1v) is 9.56. The lowest BCUT2D eigenvalue weighted by Crippen LogP contribution is -2.46. The SMILES string of the molecule is CN1CCN([C@H](c2ccc(Cl)cc2)c2nnnn2C2CCCC2)CC1. The molecule has 2 aromatic rings. The maximum atomic E-state index is 6.12. The quantitative estimate of drug-likeness (QED) is 0.839. The number of hydrogen-bond donors (Lipinski definition) is 0. The van der Waals surface area contributed by atoms with E-state index >= 15 is 0 Å². The molecule has 4 rings (SSSR count). The fraction of sp³-hybridized carbons (Fsp3) is 0.611. The first kappa shape index (κ1) is 16.9. The van der Waals surface area contributed by atoms with Crippen LogP contribution in [0.5, 0.6) is 0 Å². The van der Waals surface area contributed by atoms with E-state index in [1.807, 2.05) is 12.1 Å². The Morgan fingerprint density at radius 3 is 2.40 bits per heavy atom. The molecule has 1 atom stereocenters. The minimum Gasteiger partial charge on any atom is -0.304 e. The summed E-state index contributed by atoms with van der Waals surface area (Å²) in [6, 6.07) is 8.67. The molecular weight excluding hydrogens is 336 g/mol. The number of tetrazole rings is 1. The van der Waals surface area contributed by atoms with Gasteiger partial charge >= 0.3 is 0 Å². The first-order chi connectivity index (χ1) is 12.2. The molecule has 0 N–H and O–H groups in total. The lowest BCUT2D eigenvalue weighted by atomic mass is 10.0. The Labute approximate surface area is 153 Å². The van der Waals surface area contributed by atoms with Crippen LogP contribution in [0.1, 0.15) is 49.2 Å². The van der Waals surface area contributed by atoms with Gasteiger partial charge in [0.1, 0.15) is 0 Å². The molecule has 1 saturated heterocycles. The molecule has 6 nitrogen and oxygen atoms in total. The number of hydrogen-bond acceptors (Lipinski definition) is 5. The predicted molar refractivity (Wildman–Crippen MR) is 97.7 cm³/mol. The van der Waals surface area contributed by atoms with Crippen LogP contribution in [-0.4, -0.2) is 63.2 Å². The molecule has 7 heteroatoms. The fourth-order valence-corrected chi connectivity index (χ4v) is 4.16. The van der Waals surface area contributed by atoms with Gasteiger partial charge in [0, 0.05) is 31.2 Å². The van der Waals surface area contributed by atoms with Gasteiger partial charge in [-0.2, -0.15) is 0 Å². The Bertz CT molecular complexity index is 686. The summed E-state index contributed by atoms with van der Waals surface area (Å²) in [7, 11) is 2.18. The molecule has 0 amide bonds. The Balaban J connectivity index is 1.70. The predicted octanol–water partition coefficient (Wildman–Crippen LogP) is 2.78. The van der Waals surface area contributed by atoms with Gasteiger partial charge in [0.15, 0.2) is 5.82 Å². The van der Waals surface area contributed by atoms with Crippen molar-refractivity contribution < 1.29 is 0 Å². The van der Waals surface area contributed by atoms with Crippen molar-refractivity contribution in [2.24, 2.45) is 0 Å². The third-order valence-corrected chi connectivity index (χ3v) is 5.77. The van der Waals surface area contributed by atoms with Crippen molar-refractivity contribution in [3.05, 3.63) is 40.7 Å². The zero-order valence-corrected chi connectivity index (χ0v) is 15.4. The molecular formula is C18H25ClN6. The molecule has 0 radical (unpaired) electrons. The molecule has 1 saturated carbocycles. The normalized spacial score (nSPS) is 21.7. The number of aromatic nitrogens is 4. The van der Waals surface area contributed by atoms with Gasteiger partial charge in [0.2, 0.25) is 0 Å². The summed E-state index contributed by atoms with van der Waals surface area (Å²) in [5.74, 6) is 0.971. The topological polar surface area (TPSA) is 50.1 Å². The number of piperazine rings is 1. The third kappa shape index (κ3) is 3.57. The Kier molecular flexibility index (Phi) is 5.01. The highest BCUT2D eigenvalue weighted by Crippen LogP contribution is 2.34. The van der Waals surface area contributed by atoms with Gasteiger partial charge < -0.3 is 4.90 Å². The maximum Gasteiger partial charge on any atom is 0.173 e. The standard InChI is InChI=1S/C18H25ClN6/c1-23-10-12-24(13-11-23)17(14-6-8-15(19)9-7-14)18-20-21-22-25(18)16-4-2-3-5-16/h6-9,16-17H,2-5,10-13H2,1H3/t17-/m1/s1. The van der Waals surface area contributed by atoms with E-state index in [0.717, 1.165) is 37.0 Å². The van der Waals surface area contributed by atoms with Gasteiger partial charge in [-0.05, 0) is 48.0 Å². The summed E-state index contributed by atoms with van der Waals surface area (Å²) in [5, 5.41) is 13.6. The van der Waals surface area contributed by atoms with Crippen LogP contribution in [-0.2, 0) is 0 Å². The van der Waals surface area contributed by atoms with Crippen molar-refractivity contribution in [3.8, 4) is 0 Å². The first-order valence-electron chi connectivity index (χ1n) is 9.18. The maximum absolute atomic E-state index is 6.12. The second-order valence-corrected chi connectivity index (χ2v) is 7.65. The third-order valence-electron chi connectivity index (χ3n) is 5.52. The summed E-state index contributed by atoms with van der Waals surface area (Å²) in [6.45, 7) is 4.16. The van der Waals surface area contributed by atoms with Gasteiger partial charge in [0.25, 0.3) is 0 Å². The van der Waals surface area contributed by atoms with Crippen molar-refractivity contribution in [1.29, 1.82) is 0 Å². The number of rotatable bonds is 4. The molecule has 1 aliphatic heterocycles. The van der Waals surface area contributed by atoms with E-state index in [-0.39, 0.29) is 6.04 Å². The van der Waals surface area contributed by atoms with Crippen LogP contribution in [0.2, 0.25) is 5.02 Å². The highest BCUT2D eigenvalue weighted by molar-refractivity contribution is 6.30. The molecule has 1 aliphatic carbocycles. The molecule has 0 unspecified atom stereocenters. The summed E-state index contributed by atoms with van der Waals surface area (Å²) in [6.07, 6.45) is 4.89. The summed E-state index contributed by atoms with van der Waals surface area (Å²) in [4.78, 5) is 4.87. The monoisotopic (exact) mass is 360 g/mol. The van der Waals surface area contributed by atoms with Crippen LogP contribution in [0.4, 0.5) is 0 Å². The molecule has 1 aromatic carbocycles. The van der Waals surface area contributed by atoms with Gasteiger partial charge in [-0.3, -0.25) is 4.90 Å². The zero-order valence-electron chi connectivity index (χ0n) is 14.7. The van der Waals surface area contributed by atoms with E-state index in [4.69, 9.17) is 11.6 Å². The average Bonchev–Trinajstić information content (AvgIpc) is 3.30. The van der Waals surface area contributed by atoms with Crippen LogP contribution in [0.15, 0.2) is 24.3 Å². The average molecular weight is 361 g/mol. The summed E-state index contributed by atoms with van der Waals surface area (Å²) < 4.78 is 2.09. The van der Waals surface area contributed by atoms with Crippen LogP contribution in [0.3, 0.4) is 0 Å². The van der Waals surface area contributed by atoms with E-state index in [1.54, 1.807) is 0 Å². The lowest BCUT2D eigenvalue weighted by molar-refractivity contribution is 0.120. The van der Waals surface area contributed by atoms with Crippen molar-refractivity contribution in [1.82, 2.24) is 30.0 Å². The van der Waals surface area contributed by atoms with Crippen LogP contribution in [0, 0.1) is 0 Å². The second kappa shape index (κ2) is 7.40. The molecule has 1 aromatic heterocycles. The molecule has 2 fully saturated rings.